The fourth-order valence-electron chi connectivity index (χ4n) is 1.67. The van der Waals surface area contributed by atoms with E-state index >= 15 is 0 Å². The van der Waals surface area contributed by atoms with Crippen molar-refractivity contribution in [3.63, 3.8) is 0 Å². The maximum Gasteiger partial charge on any atom is 0.183 e. The normalized spacial score (nSPS) is 15.4. The molecule has 0 spiro atoms. The molecule has 1 aliphatic rings. The quantitative estimate of drug-likeness (QED) is 0.782. The van der Waals surface area contributed by atoms with Crippen molar-refractivity contribution in [2.24, 2.45) is 0 Å². The van der Waals surface area contributed by atoms with E-state index in [2.05, 4.69) is 18.8 Å². The number of aromatic nitrogens is 1. The first-order valence-corrected chi connectivity index (χ1v) is 6.40. The minimum Gasteiger partial charge on any atom is -0.486 e. The van der Waals surface area contributed by atoms with E-state index in [1.165, 1.54) is 0 Å². The average molecular weight is 235 g/mol. The molecule has 1 saturated carbocycles. The number of hydrogen-bond acceptors (Lipinski definition) is 3. The van der Waals surface area contributed by atoms with Crippen LogP contribution in [0.3, 0.4) is 0 Å². The first-order valence-electron chi connectivity index (χ1n) is 6.40. The van der Waals surface area contributed by atoms with Crippen LogP contribution in [0, 0.1) is 0 Å². The zero-order valence-corrected chi connectivity index (χ0v) is 11.1. The number of hydrogen-bond donors (Lipinski definition) is 0. The fraction of sp³-hybridized carbons (Fsp3) is 0.643. The molecule has 1 heterocycles. The summed E-state index contributed by atoms with van der Waals surface area (Å²) in [5, 5.41) is 0. The Hall–Kier alpha value is -1.25. The van der Waals surface area contributed by atoms with Crippen molar-refractivity contribution in [2.75, 3.05) is 0 Å². The first-order chi connectivity index (χ1) is 8.08. The number of pyridine rings is 1. The molecule has 94 valence electrons. The van der Waals surface area contributed by atoms with Gasteiger partial charge in [0.2, 0.25) is 0 Å². The molecule has 1 aromatic rings. The summed E-state index contributed by atoms with van der Waals surface area (Å²) in [5.74, 6) is 2.01. The summed E-state index contributed by atoms with van der Waals surface area (Å²) >= 11 is 0. The Morgan fingerprint density at radius 3 is 2.47 bits per heavy atom. The molecular weight excluding hydrogens is 214 g/mol. The third kappa shape index (κ3) is 3.11. The van der Waals surface area contributed by atoms with Gasteiger partial charge in [0, 0.05) is 12.3 Å². The van der Waals surface area contributed by atoms with E-state index < -0.39 is 0 Å². The van der Waals surface area contributed by atoms with E-state index in [4.69, 9.17) is 9.47 Å². The molecule has 0 aliphatic heterocycles. The number of ether oxygens (including phenoxy) is 2. The first kappa shape index (κ1) is 12.2. The van der Waals surface area contributed by atoms with Gasteiger partial charge in [0.1, 0.15) is 0 Å². The van der Waals surface area contributed by atoms with E-state index in [0.29, 0.717) is 12.0 Å². The van der Waals surface area contributed by atoms with Crippen molar-refractivity contribution < 1.29 is 9.47 Å². The van der Waals surface area contributed by atoms with Gasteiger partial charge in [-0.2, -0.15) is 0 Å². The molecule has 0 N–H and O–H groups in total. The van der Waals surface area contributed by atoms with Crippen molar-refractivity contribution in [2.45, 2.75) is 58.7 Å². The minimum absolute atomic E-state index is 0.137. The van der Waals surface area contributed by atoms with Crippen LogP contribution in [0.25, 0.3) is 0 Å². The van der Waals surface area contributed by atoms with Gasteiger partial charge in [-0.15, -0.1) is 0 Å². The molecule has 0 unspecified atom stereocenters. The Labute approximate surface area is 103 Å². The second kappa shape index (κ2) is 4.94. The van der Waals surface area contributed by atoms with E-state index in [9.17, 15) is 0 Å². The molecule has 0 bridgehead atoms. The van der Waals surface area contributed by atoms with E-state index in [1.54, 1.807) is 6.20 Å². The van der Waals surface area contributed by atoms with Gasteiger partial charge in [-0.3, -0.25) is 4.98 Å². The smallest absolute Gasteiger partial charge is 0.183 e. The van der Waals surface area contributed by atoms with Crippen LogP contribution in [0.4, 0.5) is 0 Å². The summed E-state index contributed by atoms with van der Waals surface area (Å²) in [6.45, 7) is 8.29. The molecule has 1 aromatic heterocycles. The fourth-order valence-corrected chi connectivity index (χ4v) is 1.67. The van der Waals surface area contributed by atoms with Gasteiger partial charge >= 0.3 is 0 Å². The van der Waals surface area contributed by atoms with Gasteiger partial charge in [-0.25, -0.2) is 0 Å². The summed E-state index contributed by atoms with van der Waals surface area (Å²) in [7, 11) is 0. The highest BCUT2D eigenvalue weighted by atomic mass is 16.5. The molecule has 17 heavy (non-hydrogen) atoms. The average Bonchev–Trinajstić information content (AvgIpc) is 3.03. The summed E-state index contributed by atoms with van der Waals surface area (Å²) in [4.78, 5) is 4.41. The third-order valence-electron chi connectivity index (χ3n) is 2.61. The van der Waals surface area contributed by atoms with Crippen molar-refractivity contribution in [3.8, 4) is 11.5 Å². The molecule has 0 amide bonds. The second-order valence-corrected chi connectivity index (χ2v) is 5.16. The van der Waals surface area contributed by atoms with Crippen LogP contribution >= 0.6 is 0 Å². The van der Waals surface area contributed by atoms with Crippen LogP contribution in [-0.4, -0.2) is 17.2 Å². The van der Waals surface area contributed by atoms with Gasteiger partial charge in [-0.05, 0) is 32.6 Å². The molecule has 2 rings (SSSR count). The highest BCUT2D eigenvalue weighted by molar-refractivity contribution is 5.44. The van der Waals surface area contributed by atoms with Gasteiger partial charge in [-0.1, -0.05) is 13.8 Å². The highest BCUT2D eigenvalue weighted by Crippen LogP contribution is 2.38. The largest absolute Gasteiger partial charge is 0.486 e. The summed E-state index contributed by atoms with van der Waals surface area (Å²) < 4.78 is 11.8. The van der Waals surface area contributed by atoms with Crippen molar-refractivity contribution in [1.29, 1.82) is 0 Å². The standard InChI is InChI=1S/C14H21NO2/c1-9(2)13-14(16-10(3)4)12(7-8-15-13)17-11-5-6-11/h7-11H,5-6H2,1-4H3. The van der Waals surface area contributed by atoms with E-state index in [1.807, 2.05) is 19.9 Å². The molecule has 0 atom stereocenters. The lowest BCUT2D eigenvalue weighted by Crippen LogP contribution is -2.11. The Morgan fingerprint density at radius 1 is 1.24 bits per heavy atom. The highest BCUT2D eigenvalue weighted by Gasteiger charge is 2.26. The lowest BCUT2D eigenvalue weighted by atomic mass is 10.1. The van der Waals surface area contributed by atoms with E-state index in [0.717, 1.165) is 30.0 Å². The summed E-state index contributed by atoms with van der Waals surface area (Å²) in [5.41, 5.74) is 0.983. The molecule has 1 aliphatic carbocycles. The van der Waals surface area contributed by atoms with Crippen molar-refractivity contribution in [1.82, 2.24) is 4.98 Å². The maximum atomic E-state index is 5.88. The molecular formula is C14H21NO2. The van der Waals surface area contributed by atoms with Crippen LogP contribution < -0.4 is 9.47 Å². The van der Waals surface area contributed by atoms with Crippen LogP contribution in [0.5, 0.6) is 11.5 Å². The Bertz CT molecular complexity index is 384. The maximum absolute atomic E-state index is 5.88. The number of rotatable bonds is 5. The van der Waals surface area contributed by atoms with E-state index in [-0.39, 0.29) is 6.10 Å². The Balaban J connectivity index is 2.30. The lowest BCUT2D eigenvalue weighted by Gasteiger charge is -2.19. The topological polar surface area (TPSA) is 31.4 Å². The van der Waals surface area contributed by atoms with Crippen molar-refractivity contribution >= 4 is 0 Å². The molecule has 3 nitrogen and oxygen atoms in total. The SMILES string of the molecule is CC(C)Oc1c(OC2CC2)ccnc1C(C)C. The summed E-state index contributed by atoms with van der Waals surface area (Å²) in [6, 6.07) is 1.90. The Kier molecular flexibility index (Phi) is 3.55. The predicted octanol–water partition coefficient (Wildman–Crippen LogP) is 3.53. The molecule has 1 fully saturated rings. The third-order valence-corrected chi connectivity index (χ3v) is 2.61. The van der Waals surface area contributed by atoms with Gasteiger partial charge < -0.3 is 9.47 Å². The predicted molar refractivity (Wildman–Crippen MR) is 67.7 cm³/mol. The summed E-state index contributed by atoms with van der Waals surface area (Å²) in [6.07, 6.45) is 4.63. The van der Waals surface area contributed by atoms with Gasteiger partial charge in [0.15, 0.2) is 11.5 Å². The molecule has 3 heteroatoms. The van der Waals surface area contributed by atoms with Gasteiger partial charge in [0.05, 0.1) is 17.9 Å². The minimum atomic E-state index is 0.137. The van der Waals surface area contributed by atoms with Crippen LogP contribution in [-0.2, 0) is 0 Å². The second-order valence-electron chi connectivity index (χ2n) is 5.16. The zero-order valence-electron chi connectivity index (χ0n) is 11.1. The number of nitrogens with zero attached hydrogens (tertiary/aromatic N) is 1. The van der Waals surface area contributed by atoms with Crippen LogP contribution in [0.2, 0.25) is 0 Å². The lowest BCUT2D eigenvalue weighted by molar-refractivity contribution is 0.213. The van der Waals surface area contributed by atoms with Crippen LogP contribution in [0.1, 0.15) is 52.1 Å². The zero-order chi connectivity index (χ0) is 12.4. The molecule has 0 radical (unpaired) electrons. The molecule has 0 saturated heterocycles. The molecule has 0 aromatic carbocycles. The monoisotopic (exact) mass is 235 g/mol. The van der Waals surface area contributed by atoms with Crippen LogP contribution in [0.15, 0.2) is 12.3 Å². The Morgan fingerprint density at radius 2 is 1.94 bits per heavy atom. The van der Waals surface area contributed by atoms with Crippen molar-refractivity contribution in [3.05, 3.63) is 18.0 Å². The van der Waals surface area contributed by atoms with Gasteiger partial charge in [0.25, 0.3) is 0 Å².